The number of hydrogen-bond acceptors (Lipinski definition) is 3. The summed E-state index contributed by atoms with van der Waals surface area (Å²) in [7, 11) is 1.36. The fourth-order valence-electron chi connectivity index (χ4n) is 1.00. The van der Waals surface area contributed by atoms with E-state index >= 15 is 0 Å². The van der Waals surface area contributed by atoms with E-state index in [1.807, 2.05) is 0 Å². The minimum Gasteiger partial charge on any atom is -0.504 e. The van der Waals surface area contributed by atoms with Crippen LogP contribution in [-0.4, -0.2) is 12.2 Å². The van der Waals surface area contributed by atoms with Gasteiger partial charge in [-0.1, -0.05) is 0 Å². The van der Waals surface area contributed by atoms with Crippen LogP contribution >= 0.6 is 0 Å². The Morgan fingerprint density at radius 2 is 2.31 bits per heavy atom. The van der Waals surface area contributed by atoms with E-state index in [2.05, 4.69) is 0 Å². The molecule has 68 valence electrons. The molecule has 3 nitrogen and oxygen atoms in total. The molecule has 0 aliphatic rings. The Morgan fingerprint density at radius 3 is 2.85 bits per heavy atom. The quantitative estimate of drug-likeness (QED) is 0.754. The number of halogens is 1. The molecule has 1 N–H and O–H groups in total. The number of nitriles is 1. The van der Waals surface area contributed by atoms with Crippen molar-refractivity contribution in [2.45, 2.75) is 6.42 Å². The molecule has 0 amide bonds. The molecule has 0 aromatic heterocycles. The normalized spacial score (nSPS) is 9.31. The Labute approximate surface area is 75.0 Å². The van der Waals surface area contributed by atoms with Gasteiger partial charge in [0.1, 0.15) is 5.82 Å². The second kappa shape index (κ2) is 3.76. The number of benzene rings is 1. The molecule has 0 bridgehead atoms. The largest absolute Gasteiger partial charge is 0.504 e. The smallest absolute Gasteiger partial charge is 0.164 e. The summed E-state index contributed by atoms with van der Waals surface area (Å²) >= 11 is 0. The first kappa shape index (κ1) is 9.33. The van der Waals surface area contributed by atoms with Crippen molar-refractivity contribution in [2.75, 3.05) is 7.11 Å². The average Bonchev–Trinajstić information content (AvgIpc) is 2.12. The lowest BCUT2D eigenvalue weighted by atomic mass is 10.1. The SMILES string of the molecule is COc1ccc(F)c(CC#N)c1O. The molecule has 1 rings (SSSR count). The molecule has 0 unspecified atom stereocenters. The van der Waals surface area contributed by atoms with Gasteiger partial charge in [0.25, 0.3) is 0 Å². The average molecular weight is 181 g/mol. The highest BCUT2D eigenvalue weighted by molar-refractivity contribution is 5.47. The van der Waals surface area contributed by atoms with Gasteiger partial charge in [-0.2, -0.15) is 5.26 Å². The van der Waals surface area contributed by atoms with E-state index in [4.69, 9.17) is 10.00 Å². The molecule has 13 heavy (non-hydrogen) atoms. The van der Waals surface area contributed by atoms with Crippen LogP contribution in [0, 0.1) is 17.1 Å². The summed E-state index contributed by atoms with van der Waals surface area (Å²) in [5, 5.41) is 17.7. The summed E-state index contributed by atoms with van der Waals surface area (Å²) in [5.74, 6) is -0.726. The number of aromatic hydroxyl groups is 1. The van der Waals surface area contributed by atoms with Crippen LogP contribution in [-0.2, 0) is 6.42 Å². The summed E-state index contributed by atoms with van der Waals surface area (Å²) in [6.07, 6.45) is -0.172. The molecule has 0 saturated carbocycles. The van der Waals surface area contributed by atoms with Crippen molar-refractivity contribution >= 4 is 0 Å². The molecule has 0 saturated heterocycles. The molecular formula is C9H8FNO2. The number of methoxy groups -OCH3 is 1. The van der Waals surface area contributed by atoms with Crippen LogP contribution in [0.25, 0.3) is 0 Å². The number of phenolic OH excluding ortho intramolecular Hbond substituents is 1. The zero-order valence-electron chi connectivity index (χ0n) is 7.04. The van der Waals surface area contributed by atoms with E-state index in [9.17, 15) is 9.50 Å². The molecule has 4 heteroatoms. The summed E-state index contributed by atoms with van der Waals surface area (Å²) in [4.78, 5) is 0. The van der Waals surface area contributed by atoms with Crippen molar-refractivity contribution in [3.63, 3.8) is 0 Å². The maximum Gasteiger partial charge on any atom is 0.164 e. The van der Waals surface area contributed by atoms with E-state index in [-0.39, 0.29) is 23.5 Å². The van der Waals surface area contributed by atoms with Crippen LogP contribution in [0.15, 0.2) is 12.1 Å². The van der Waals surface area contributed by atoms with Crippen LogP contribution in [0.5, 0.6) is 11.5 Å². The number of rotatable bonds is 2. The number of ether oxygens (including phenoxy) is 1. The third kappa shape index (κ3) is 1.70. The van der Waals surface area contributed by atoms with Crippen molar-refractivity contribution in [1.29, 1.82) is 5.26 Å². The summed E-state index contributed by atoms with van der Waals surface area (Å²) < 4.78 is 17.7. The lowest BCUT2D eigenvalue weighted by Gasteiger charge is -2.06. The summed E-state index contributed by atoms with van der Waals surface area (Å²) in [6, 6.07) is 4.23. The van der Waals surface area contributed by atoms with Crippen molar-refractivity contribution in [3.05, 3.63) is 23.5 Å². The highest BCUT2D eigenvalue weighted by Gasteiger charge is 2.12. The predicted octanol–water partition coefficient (Wildman–Crippen LogP) is 1.61. The van der Waals surface area contributed by atoms with Gasteiger partial charge in [-0.3, -0.25) is 0 Å². The van der Waals surface area contributed by atoms with Crippen LogP contribution in [0.1, 0.15) is 5.56 Å². The zero-order chi connectivity index (χ0) is 9.84. The third-order valence-corrected chi connectivity index (χ3v) is 1.66. The molecule has 1 aromatic rings. The molecule has 0 aliphatic carbocycles. The van der Waals surface area contributed by atoms with Crippen LogP contribution in [0.4, 0.5) is 4.39 Å². The van der Waals surface area contributed by atoms with Gasteiger partial charge in [0.05, 0.1) is 19.6 Å². The van der Waals surface area contributed by atoms with Gasteiger partial charge in [-0.25, -0.2) is 4.39 Å². The second-order valence-electron chi connectivity index (χ2n) is 2.41. The molecule has 1 aromatic carbocycles. The molecular weight excluding hydrogens is 173 g/mol. The Bertz CT molecular complexity index is 357. The van der Waals surface area contributed by atoms with Gasteiger partial charge in [-0.05, 0) is 12.1 Å². The van der Waals surface area contributed by atoms with E-state index < -0.39 is 5.82 Å². The first-order valence-corrected chi connectivity index (χ1v) is 3.62. The molecule has 0 radical (unpaired) electrons. The minimum absolute atomic E-state index is 0.0261. The van der Waals surface area contributed by atoms with Gasteiger partial charge in [0.2, 0.25) is 0 Å². The zero-order valence-corrected chi connectivity index (χ0v) is 7.04. The van der Waals surface area contributed by atoms with Crippen molar-refractivity contribution in [3.8, 4) is 17.6 Å². The van der Waals surface area contributed by atoms with Crippen LogP contribution < -0.4 is 4.74 Å². The van der Waals surface area contributed by atoms with Gasteiger partial charge in [0, 0.05) is 5.56 Å². The second-order valence-corrected chi connectivity index (χ2v) is 2.41. The summed E-state index contributed by atoms with van der Waals surface area (Å²) in [6.45, 7) is 0. The molecule has 0 atom stereocenters. The van der Waals surface area contributed by atoms with Gasteiger partial charge in [0.15, 0.2) is 11.5 Å². The van der Waals surface area contributed by atoms with Gasteiger partial charge in [-0.15, -0.1) is 0 Å². The monoisotopic (exact) mass is 181 g/mol. The van der Waals surface area contributed by atoms with Crippen LogP contribution in [0.3, 0.4) is 0 Å². The van der Waals surface area contributed by atoms with Crippen LogP contribution in [0.2, 0.25) is 0 Å². The molecule has 0 spiro atoms. The van der Waals surface area contributed by atoms with Gasteiger partial charge >= 0.3 is 0 Å². The van der Waals surface area contributed by atoms with E-state index in [1.165, 1.54) is 13.2 Å². The first-order chi connectivity index (χ1) is 6.20. The number of hydrogen-bond donors (Lipinski definition) is 1. The van der Waals surface area contributed by atoms with E-state index in [1.54, 1.807) is 6.07 Å². The maximum absolute atomic E-state index is 13.0. The highest BCUT2D eigenvalue weighted by Crippen LogP contribution is 2.31. The van der Waals surface area contributed by atoms with E-state index in [0.29, 0.717) is 0 Å². The fourth-order valence-corrected chi connectivity index (χ4v) is 1.00. The Hall–Kier alpha value is -1.76. The number of nitrogens with zero attached hydrogens (tertiary/aromatic N) is 1. The molecule has 0 aliphatic heterocycles. The standard InChI is InChI=1S/C9H8FNO2/c1-13-8-3-2-7(10)6(4-5-11)9(8)12/h2-3,12H,4H2,1H3. The van der Waals surface area contributed by atoms with Gasteiger partial charge < -0.3 is 9.84 Å². The third-order valence-electron chi connectivity index (χ3n) is 1.66. The minimum atomic E-state index is -0.597. The fraction of sp³-hybridized carbons (Fsp3) is 0.222. The molecule has 0 fully saturated rings. The summed E-state index contributed by atoms with van der Waals surface area (Å²) in [5.41, 5.74) is -0.0261. The first-order valence-electron chi connectivity index (χ1n) is 3.62. The van der Waals surface area contributed by atoms with Crippen molar-refractivity contribution in [1.82, 2.24) is 0 Å². The topological polar surface area (TPSA) is 53.2 Å². The number of phenols is 1. The lowest BCUT2D eigenvalue weighted by molar-refractivity contribution is 0.368. The van der Waals surface area contributed by atoms with E-state index in [0.717, 1.165) is 6.07 Å². The Balaban J connectivity index is 3.23. The maximum atomic E-state index is 13.0. The molecule has 0 heterocycles. The highest BCUT2D eigenvalue weighted by atomic mass is 19.1. The lowest BCUT2D eigenvalue weighted by Crippen LogP contribution is -1.92. The Morgan fingerprint density at radius 1 is 1.62 bits per heavy atom. The van der Waals surface area contributed by atoms with Crippen molar-refractivity contribution < 1.29 is 14.2 Å². The van der Waals surface area contributed by atoms with Crippen molar-refractivity contribution in [2.24, 2.45) is 0 Å². The Kier molecular flexibility index (Phi) is 2.70. The predicted molar refractivity (Wildman–Crippen MR) is 43.9 cm³/mol.